The lowest BCUT2D eigenvalue weighted by Crippen LogP contribution is -2.30. The molecule has 0 heterocycles. The summed E-state index contributed by atoms with van der Waals surface area (Å²) < 4.78 is 68.5. The molecule has 17 nitrogen and oxygen atoms in total. The van der Waals surface area contributed by atoms with Crippen LogP contribution in [0.4, 0.5) is 0 Å². The van der Waals surface area contributed by atoms with Gasteiger partial charge in [0.1, 0.15) is 19.3 Å². The van der Waals surface area contributed by atoms with E-state index in [0.29, 0.717) is 31.6 Å². The first-order chi connectivity index (χ1) is 45.1. The van der Waals surface area contributed by atoms with Crippen molar-refractivity contribution in [2.24, 2.45) is 23.7 Å². The summed E-state index contributed by atoms with van der Waals surface area (Å²) in [5, 5.41) is 10.6. The zero-order valence-corrected chi connectivity index (χ0v) is 63.4. The topological polar surface area (TPSA) is 237 Å². The predicted molar refractivity (Wildman–Crippen MR) is 381 cm³/mol. The van der Waals surface area contributed by atoms with Gasteiger partial charge in [-0.3, -0.25) is 37.3 Å². The Morgan fingerprint density at radius 2 is 0.447 bits per heavy atom. The Labute approximate surface area is 575 Å². The molecule has 0 rings (SSSR count). The number of carbonyl (C=O) groups is 4. The maximum Gasteiger partial charge on any atom is 0.472 e. The van der Waals surface area contributed by atoms with Gasteiger partial charge >= 0.3 is 39.5 Å². The van der Waals surface area contributed by atoms with E-state index in [0.717, 1.165) is 114 Å². The standard InChI is InChI=1S/C75H146O17P2/c1-65(2)51-43-35-27-20-15-13-11-9-10-12-14-16-24-32-41-49-57-74(79)91-71(62-86-73(78)56-48-40-34-26-30-38-46-54-68(7)8)64-90-94(83,84)88-60-69(76)59-87-93(81,82)89-63-70(92-75(80)58-50-42-33-25-19-22-29-37-45-53-67(5)6)61-85-72(77)55-47-39-31-23-18-17-21-28-36-44-52-66(3)4/h65-71,76H,9-64H2,1-8H3,(H,81,82)(H,83,84)/t69?,70-,71-/m1/s1. The lowest BCUT2D eigenvalue weighted by Gasteiger charge is -2.21. The number of hydrogen-bond donors (Lipinski definition) is 3. The van der Waals surface area contributed by atoms with E-state index in [-0.39, 0.29) is 25.7 Å². The third-order valence-electron chi connectivity index (χ3n) is 17.3. The van der Waals surface area contributed by atoms with Gasteiger partial charge in [-0.2, -0.15) is 0 Å². The van der Waals surface area contributed by atoms with Crippen LogP contribution in [0, 0.1) is 23.7 Å². The Morgan fingerprint density at radius 1 is 0.266 bits per heavy atom. The summed E-state index contributed by atoms with van der Waals surface area (Å²) in [6, 6.07) is 0. The van der Waals surface area contributed by atoms with Gasteiger partial charge in [0.15, 0.2) is 12.2 Å². The number of aliphatic hydroxyl groups excluding tert-OH is 1. The SMILES string of the molecule is CC(C)CCCCCCCCCCCCCCCCCCC(=O)O[C@H](COC(=O)CCCCCCCCCC(C)C)COP(=O)(O)OCC(O)COP(=O)(O)OC[C@@H](COC(=O)CCCCCCCCCCCCC(C)C)OC(=O)CCCCCCCCCCCC(C)C. The first kappa shape index (κ1) is 92.1. The molecule has 0 aliphatic rings. The lowest BCUT2D eigenvalue weighted by molar-refractivity contribution is -0.161. The largest absolute Gasteiger partial charge is 0.472 e. The summed E-state index contributed by atoms with van der Waals surface area (Å²) in [7, 11) is -9.91. The summed E-state index contributed by atoms with van der Waals surface area (Å²) in [5.41, 5.74) is 0. The fourth-order valence-corrected chi connectivity index (χ4v) is 13.0. The average Bonchev–Trinajstić information content (AvgIpc) is 2.76. The summed E-state index contributed by atoms with van der Waals surface area (Å²) in [6.45, 7) is 14.1. The Bertz CT molecular complexity index is 1850. The van der Waals surface area contributed by atoms with Crippen LogP contribution in [0.15, 0.2) is 0 Å². The fraction of sp³-hybridized carbons (Fsp3) is 0.947. The highest BCUT2D eigenvalue weighted by Gasteiger charge is 2.30. The number of aliphatic hydroxyl groups is 1. The molecule has 558 valence electrons. The number of phosphoric ester groups is 2. The van der Waals surface area contributed by atoms with Crippen LogP contribution in [0.3, 0.4) is 0 Å². The Hall–Kier alpha value is -1.94. The van der Waals surface area contributed by atoms with Gasteiger partial charge in [-0.25, -0.2) is 9.13 Å². The van der Waals surface area contributed by atoms with Gasteiger partial charge in [0, 0.05) is 25.7 Å². The molecule has 0 amide bonds. The van der Waals surface area contributed by atoms with Crippen molar-refractivity contribution in [2.45, 2.75) is 395 Å². The van der Waals surface area contributed by atoms with E-state index in [1.807, 2.05) is 0 Å². The van der Waals surface area contributed by atoms with Crippen molar-refractivity contribution in [1.29, 1.82) is 0 Å². The lowest BCUT2D eigenvalue weighted by atomic mass is 10.0. The molecule has 3 N–H and O–H groups in total. The zero-order valence-electron chi connectivity index (χ0n) is 61.6. The number of unbranched alkanes of at least 4 members (excludes halogenated alkanes) is 38. The molecular formula is C75H146O17P2. The summed E-state index contributed by atoms with van der Waals surface area (Å²) in [5.74, 6) is 0.886. The summed E-state index contributed by atoms with van der Waals surface area (Å²) in [4.78, 5) is 72.7. The monoisotopic (exact) mass is 1380 g/mol. The summed E-state index contributed by atoms with van der Waals surface area (Å²) >= 11 is 0. The van der Waals surface area contributed by atoms with E-state index in [1.54, 1.807) is 0 Å². The number of hydrogen-bond acceptors (Lipinski definition) is 15. The molecule has 5 atom stereocenters. The third kappa shape index (κ3) is 68.6. The number of esters is 4. The van der Waals surface area contributed by atoms with Crippen LogP contribution in [0.25, 0.3) is 0 Å². The molecule has 0 aromatic rings. The Morgan fingerprint density at radius 3 is 0.660 bits per heavy atom. The van der Waals surface area contributed by atoms with Crippen LogP contribution < -0.4 is 0 Å². The van der Waals surface area contributed by atoms with Gasteiger partial charge in [-0.15, -0.1) is 0 Å². The molecule has 19 heteroatoms. The van der Waals surface area contributed by atoms with Gasteiger partial charge in [-0.1, -0.05) is 325 Å². The first-order valence-corrected chi connectivity index (χ1v) is 41.7. The zero-order chi connectivity index (χ0) is 69.6. The molecule has 0 bridgehead atoms. The number of ether oxygens (including phenoxy) is 4. The molecule has 0 fully saturated rings. The maximum absolute atomic E-state index is 13.1. The van der Waals surface area contributed by atoms with Crippen LogP contribution in [0.2, 0.25) is 0 Å². The fourth-order valence-electron chi connectivity index (χ4n) is 11.4. The normalized spacial score (nSPS) is 14.2. The van der Waals surface area contributed by atoms with E-state index in [2.05, 4.69) is 55.4 Å². The second kappa shape index (κ2) is 64.4. The molecular weight excluding hydrogens is 1230 g/mol. The van der Waals surface area contributed by atoms with Crippen molar-refractivity contribution in [2.75, 3.05) is 39.6 Å². The second-order valence-corrected chi connectivity index (χ2v) is 31.9. The van der Waals surface area contributed by atoms with Crippen molar-refractivity contribution in [1.82, 2.24) is 0 Å². The Kier molecular flexibility index (Phi) is 63.1. The smallest absolute Gasteiger partial charge is 0.462 e. The second-order valence-electron chi connectivity index (χ2n) is 28.9. The molecule has 0 aromatic heterocycles. The maximum atomic E-state index is 13.1. The van der Waals surface area contributed by atoms with E-state index in [1.165, 1.54) is 173 Å². The number of rotatable bonds is 72. The summed E-state index contributed by atoms with van der Waals surface area (Å²) in [6.07, 6.45) is 48.7. The number of phosphoric acid groups is 2. The van der Waals surface area contributed by atoms with Crippen LogP contribution in [-0.4, -0.2) is 96.7 Å². The highest BCUT2D eigenvalue weighted by Crippen LogP contribution is 2.45. The van der Waals surface area contributed by atoms with Gasteiger partial charge in [-0.05, 0) is 49.4 Å². The molecule has 0 saturated heterocycles. The minimum absolute atomic E-state index is 0.105. The third-order valence-corrected chi connectivity index (χ3v) is 19.2. The van der Waals surface area contributed by atoms with E-state index < -0.39 is 97.5 Å². The van der Waals surface area contributed by atoms with Crippen LogP contribution in [0.5, 0.6) is 0 Å². The van der Waals surface area contributed by atoms with Crippen molar-refractivity contribution in [3.63, 3.8) is 0 Å². The quantitative estimate of drug-likeness (QED) is 0.0222. The first-order valence-electron chi connectivity index (χ1n) is 38.7. The van der Waals surface area contributed by atoms with Gasteiger partial charge in [0.2, 0.25) is 0 Å². The van der Waals surface area contributed by atoms with E-state index in [4.69, 9.17) is 37.0 Å². The van der Waals surface area contributed by atoms with Crippen molar-refractivity contribution >= 4 is 39.5 Å². The molecule has 94 heavy (non-hydrogen) atoms. The minimum Gasteiger partial charge on any atom is -0.462 e. The van der Waals surface area contributed by atoms with E-state index in [9.17, 15) is 43.2 Å². The van der Waals surface area contributed by atoms with Gasteiger partial charge in [0.25, 0.3) is 0 Å². The molecule has 0 saturated carbocycles. The van der Waals surface area contributed by atoms with E-state index >= 15 is 0 Å². The Balaban J connectivity index is 5.22. The molecule has 0 aromatic carbocycles. The molecule has 0 spiro atoms. The van der Waals surface area contributed by atoms with Gasteiger partial charge < -0.3 is 33.8 Å². The number of carbonyl (C=O) groups excluding carboxylic acids is 4. The van der Waals surface area contributed by atoms with Crippen LogP contribution >= 0.6 is 15.6 Å². The highest BCUT2D eigenvalue weighted by atomic mass is 31.2. The molecule has 0 aliphatic heterocycles. The molecule has 3 unspecified atom stereocenters. The molecule has 0 radical (unpaired) electrons. The van der Waals surface area contributed by atoms with Crippen molar-refractivity contribution in [3.05, 3.63) is 0 Å². The van der Waals surface area contributed by atoms with Crippen molar-refractivity contribution < 1.29 is 80.2 Å². The predicted octanol–water partition coefficient (Wildman–Crippen LogP) is 21.7. The van der Waals surface area contributed by atoms with Gasteiger partial charge in [0.05, 0.1) is 26.4 Å². The highest BCUT2D eigenvalue weighted by molar-refractivity contribution is 7.47. The molecule has 0 aliphatic carbocycles. The van der Waals surface area contributed by atoms with Crippen molar-refractivity contribution in [3.8, 4) is 0 Å². The van der Waals surface area contributed by atoms with Crippen LogP contribution in [0.1, 0.15) is 376 Å². The minimum atomic E-state index is -4.96. The van der Waals surface area contributed by atoms with Crippen LogP contribution in [-0.2, 0) is 65.4 Å². The average molecular weight is 1380 g/mol.